The van der Waals surface area contributed by atoms with Gasteiger partial charge in [0, 0.05) is 57.8 Å². The van der Waals surface area contributed by atoms with Crippen LogP contribution in [0, 0.1) is 11.8 Å². The lowest BCUT2D eigenvalue weighted by Gasteiger charge is -2.61. The van der Waals surface area contributed by atoms with Crippen molar-refractivity contribution >= 4 is 12.0 Å². The molecule has 0 spiro atoms. The predicted molar refractivity (Wildman–Crippen MR) is 154 cm³/mol. The van der Waals surface area contributed by atoms with E-state index in [1.807, 2.05) is 17.0 Å². The van der Waals surface area contributed by atoms with Gasteiger partial charge in [0.1, 0.15) is 5.60 Å². The van der Waals surface area contributed by atoms with Crippen LogP contribution >= 0.6 is 0 Å². The van der Waals surface area contributed by atoms with Gasteiger partial charge in [-0.05, 0) is 87.5 Å². The molecule has 40 heavy (non-hydrogen) atoms. The van der Waals surface area contributed by atoms with E-state index >= 15 is 0 Å². The fourth-order valence-corrected chi connectivity index (χ4v) is 8.67. The van der Waals surface area contributed by atoms with E-state index < -0.39 is 5.60 Å². The summed E-state index contributed by atoms with van der Waals surface area (Å²) >= 11 is 0. The van der Waals surface area contributed by atoms with E-state index in [1.54, 1.807) is 0 Å². The number of ether oxygens (including phenoxy) is 1. The summed E-state index contributed by atoms with van der Waals surface area (Å²) in [5, 5.41) is 6.76. The van der Waals surface area contributed by atoms with Crippen LogP contribution in [0.25, 0.3) is 0 Å². The van der Waals surface area contributed by atoms with Crippen LogP contribution in [0.3, 0.4) is 0 Å². The normalized spacial score (nSPS) is 31.4. The van der Waals surface area contributed by atoms with Crippen molar-refractivity contribution in [2.24, 2.45) is 17.6 Å². The number of fused-ring (bicyclic) bond motifs is 1. The smallest absolute Gasteiger partial charge is 0.407 e. The molecule has 220 valence electrons. The third-order valence-electron chi connectivity index (χ3n) is 10.2. The second-order valence-corrected chi connectivity index (χ2v) is 13.3. The zero-order valence-corrected chi connectivity index (χ0v) is 24.0. The molecule has 2 amide bonds. The van der Waals surface area contributed by atoms with Crippen molar-refractivity contribution in [1.82, 2.24) is 25.3 Å². The van der Waals surface area contributed by atoms with Gasteiger partial charge in [0.15, 0.2) is 0 Å². The molecule has 2 unspecified atom stereocenters. The highest BCUT2D eigenvalue weighted by Crippen LogP contribution is 2.58. The molecule has 9 nitrogen and oxygen atoms in total. The molecule has 1 aromatic carbocycles. The minimum Gasteiger partial charge on any atom is -0.443 e. The maximum Gasteiger partial charge on any atom is 0.407 e. The van der Waals surface area contributed by atoms with E-state index in [1.165, 1.54) is 17.5 Å². The molecule has 2 heterocycles. The summed E-state index contributed by atoms with van der Waals surface area (Å²) < 4.78 is 6.25. The first-order chi connectivity index (χ1) is 19.4. The molecule has 9 heteroatoms. The van der Waals surface area contributed by atoms with E-state index in [0.29, 0.717) is 38.0 Å². The van der Waals surface area contributed by atoms with Crippen LogP contribution in [0.5, 0.6) is 0 Å². The Morgan fingerprint density at radius 1 is 0.925 bits per heavy atom. The van der Waals surface area contributed by atoms with Gasteiger partial charge in [0.05, 0.1) is 6.54 Å². The molecular formula is C31H48N6O3. The summed E-state index contributed by atoms with van der Waals surface area (Å²) in [5.41, 5.74) is 7.66. The first kappa shape index (κ1) is 27.9. The number of piperazine rings is 1. The monoisotopic (exact) mass is 552 g/mol. The highest BCUT2D eigenvalue weighted by Gasteiger charge is 2.59. The maximum atomic E-state index is 13.1. The Hall–Kier alpha value is -2.20. The number of nitrogens with zero attached hydrogens (tertiary/aromatic N) is 3. The largest absolute Gasteiger partial charge is 0.443 e. The van der Waals surface area contributed by atoms with Crippen LogP contribution in [0.2, 0.25) is 0 Å². The lowest BCUT2D eigenvalue weighted by atomic mass is 9.51. The average molecular weight is 553 g/mol. The van der Waals surface area contributed by atoms with Gasteiger partial charge in [0.25, 0.3) is 0 Å². The van der Waals surface area contributed by atoms with Crippen LogP contribution < -0.4 is 16.4 Å². The van der Waals surface area contributed by atoms with Crippen LogP contribution in [0.1, 0.15) is 62.5 Å². The molecule has 4 bridgehead atoms. The summed E-state index contributed by atoms with van der Waals surface area (Å²) in [6, 6.07) is 8.33. The number of carbonyl (C=O) groups is 2. The number of benzene rings is 1. The molecule has 4 saturated carbocycles. The Balaban J connectivity index is 0.946. The van der Waals surface area contributed by atoms with Crippen molar-refractivity contribution in [3.05, 3.63) is 35.4 Å². The average Bonchev–Trinajstić information content (AvgIpc) is 3.37. The molecule has 4 aliphatic carbocycles. The molecule has 7 rings (SSSR count). The molecule has 2 atom stereocenters. The van der Waals surface area contributed by atoms with Crippen LogP contribution in [0.15, 0.2) is 24.3 Å². The van der Waals surface area contributed by atoms with Crippen molar-refractivity contribution in [3.8, 4) is 0 Å². The molecule has 6 aliphatic rings. The first-order valence-corrected chi connectivity index (χ1v) is 15.6. The van der Waals surface area contributed by atoms with E-state index in [9.17, 15) is 9.59 Å². The quantitative estimate of drug-likeness (QED) is 0.362. The second kappa shape index (κ2) is 12.0. The highest BCUT2D eigenvalue weighted by molar-refractivity contribution is 5.79. The van der Waals surface area contributed by atoms with Crippen molar-refractivity contribution < 1.29 is 14.3 Å². The molecule has 1 aromatic rings. The lowest BCUT2D eigenvalue weighted by molar-refractivity contribution is -0.148. The van der Waals surface area contributed by atoms with Crippen LogP contribution in [-0.2, 0) is 22.6 Å². The third-order valence-corrected chi connectivity index (χ3v) is 10.2. The molecule has 0 radical (unpaired) electrons. The minimum atomic E-state index is -0.395. The Morgan fingerprint density at radius 2 is 1.55 bits per heavy atom. The summed E-state index contributed by atoms with van der Waals surface area (Å²) in [4.78, 5) is 33.0. The number of hydrogen-bond donors (Lipinski definition) is 3. The first-order valence-electron chi connectivity index (χ1n) is 15.6. The van der Waals surface area contributed by atoms with Crippen molar-refractivity contribution in [1.29, 1.82) is 0 Å². The van der Waals surface area contributed by atoms with Gasteiger partial charge >= 0.3 is 6.09 Å². The van der Waals surface area contributed by atoms with E-state index in [2.05, 4.69) is 32.6 Å². The Morgan fingerprint density at radius 3 is 2.17 bits per heavy atom. The number of nitrogens with one attached hydrogen (secondary N) is 2. The standard InChI is InChI=1S/C31H48N6O3/c32-7-3-9-35-11-13-36(14-12-35)10-4-8-33-29(39)40-31-18-24-15-25(19-31)17-30(16-24,23-31)34-20-28(38)37-21-26-5-1-2-6-27(26)22-37/h1-2,5-6,24-25,34H,3-4,7-23,32H2,(H,33,39). The van der Waals surface area contributed by atoms with Crippen molar-refractivity contribution in [2.75, 3.05) is 58.9 Å². The fourth-order valence-electron chi connectivity index (χ4n) is 8.67. The van der Waals surface area contributed by atoms with Gasteiger partial charge in [0.2, 0.25) is 5.91 Å². The van der Waals surface area contributed by atoms with Crippen LogP contribution in [-0.4, -0.2) is 96.7 Å². The summed E-state index contributed by atoms with van der Waals surface area (Å²) in [7, 11) is 0. The third kappa shape index (κ3) is 6.32. The number of amides is 2. The number of hydrogen-bond acceptors (Lipinski definition) is 7. The van der Waals surface area contributed by atoms with E-state index in [-0.39, 0.29) is 17.5 Å². The van der Waals surface area contributed by atoms with Gasteiger partial charge < -0.3 is 35.8 Å². The highest BCUT2D eigenvalue weighted by atomic mass is 16.6. The summed E-state index contributed by atoms with van der Waals surface area (Å²) in [5.74, 6) is 1.30. The molecular weight excluding hydrogens is 504 g/mol. The zero-order valence-electron chi connectivity index (χ0n) is 24.0. The van der Waals surface area contributed by atoms with Gasteiger partial charge in [-0.15, -0.1) is 0 Å². The summed E-state index contributed by atoms with van der Waals surface area (Å²) in [6.45, 7) is 9.65. The van der Waals surface area contributed by atoms with Gasteiger partial charge in [-0.2, -0.15) is 0 Å². The maximum absolute atomic E-state index is 13.1. The molecule has 1 saturated heterocycles. The molecule has 4 N–H and O–H groups in total. The minimum absolute atomic E-state index is 0.0983. The number of alkyl carbamates (subject to hydrolysis) is 1. The Kier molecular flexibility index (Phi) is 8.35. The number of nitrogens with two attached hydrogens (primary N) is 1. The van der Waals surface area contributed by atoms with Gasteiger partial charge in [-0.3, -0.25) is 4.79 Å². The van der Waals surface area contributed by atoms with Gasteiger partial charge in [-0.25, -0.2) is 4.79 Å². The number of carbonyl (C=O) groups excluding carboxylic acids is 2. The summed E-state index contributed by atoms with van der Waals surface area (Å²) in [6.07, 6.45) is 7.88. The second-order valence-electron chi connectivity index (χ2n) is 13.3. The molecule has 5 fully saturated rings. The fraction of sp³-hybridized carbons (Fsp3) is 0.742. The Labute approximate surface area is 239 Å². The zero-order chi connectivity index (χ0) is 27.6. The van der Waals surface area contributed by atoms with Crippen molar-refractivity contribution in [3.63, 3.8) is 0 Å². The number of rotatable bonds is 11. The predicted octanol–water partition coefficient (Wildman–Crippen LogP) is 2.29. The SMILES string of the molecule is NCCCN1CCN(CCCNC(=O)OC23CC4CC(CC(NCC(=O)N5Cc6ccccc6C5)(C4)C2)C3)CC1. The van der Waals surface area contributed by atoms with Gasteiger partial charge in [-0.1, -0.05) is 24.3 Å². The Bertz CT molecular complexity index is 1020. The van der Waals surface area contributed by atoms with E-state index in [4.69, 9.17) is 10.5 Å². The topological polar surface area (TPSA) is 103 Å². The van der Waals surface area contributed by atoms with Crippen LogP contribution in [0.4, 0.5) is 4.79 Å². The van der Waals surface area contributed by atoms with E-state index in [0.717, 1.165) is 90.8 Å². The lowest BCUT2D eigenvalue weighted by Crippen LogP contribution is -2.66. The molecule has 0 aromatic heterocycles. The molecule has 2 aliphatic heterocycles. The van der Waals surface area contributed by atoms with Crippen molar-refractivity contribution in [2.45, 2.75) is 75.6 Å².